The van der Waals surface area contributed by atoms with E-state index in [1.165, 1.54) is 16.9 Å². The summed E-state index contributed by atoms with van der Waals surface area (Å²) in [7, 11) is 3.73. The molecule has 1 N–H and O–H groups in total. The van der Waals surface area contributed by atoms with Crippen LogP contribution in [0, 0.1) is 5.92 Å². The third kappa shape index (κ3) is 3.92. The molecule has 1 aromatic carbocycles. The number of hydrogen-bond acceptors (Lipinski definition) is 3. The van der Waals surface area contributed by atoms with Gasteiger partial charge in [0.15, 0.2) is 0 Å². The van der Waals surface area contributed by atoms with Gasteiger partial charge in [0.1, 0.15) is 5.75 Å². The predicted octanol–water partition coefficient (Wildman–Crippen LogP) is 4.11. The second-order valence-corrected chi connectivity index (χ2v) is 5.77. The Morgan fingerprint density at radius 1 is 1.33 bits per heavy atom. The summed E-state index contributed by atoms with van der Waals surface area (Å²) in [4.78, 5) is 1.33. The fourth-order valence-corrected chi connectivity index (χ4v) is 3.06. The summed E-state index contributed by atoms with van der Waals surface area (Å²) in [5, 5.41) is 3.30. The number of nitrogens with one attached hydrogen (secondary N) is 1. The Balaban J connectivity index is 2.95. The van der Waals surface area contributed by atoms with Crippen molar-refractivity contribution in [3.8, 4) is 5.75 Å². The highest BCUT2D eigenvalue weighted by atomic mass is 32.2. The molecule has 1 aromatic rings. The summed E-state index contributed by atoms with van der Waals surface area (Å²) in [6.07, 6.45) is 1.23. The molecule has 0 aliphatic heterocycles. The number of hydrogen-bond donors (Lipinski definition) is 1. The van der Waals surface area contributed by atoms with Gasteiger partial charge in [-0.15, -0.1) is 11.8 Å². The van der Waals surface area contributed by atoms with Crippen LogP contribution in [0.1, 0.15) is 38.8 Å². The van der Waals surface area contributed by atoms with Crippen molar-refractivity contribution in [1.29, 1.82) is 0 Å². The molecule has 1 rings (SSSR count). The van der Waals surface area contributed by atoms with Crippen molar-refractivity contribution in [2.24, 2.45) is 5.92 Å². The summed E-state index contributed by atoms with van der Waals surface area (Å²) < 4.78 is 5.49. The molecule has 0 aliphatic carbocycles. The van der Waals surface area contributed by atoms with Crippen LogP contribution in [-0.2, 0) is 0 Å². The quantitative estimate of drug-likeness (QED) is 0.751. The molecule has 2 nitrogen and oxygen atoms in total. The molecule has 0 radical (unpaired) electrons. The smallest absolute Gasteiger partial charge is 0.124 e. The summed E-state index contributed by atoms with van der Waals surface area (Å²) in [5.74, 6) is 2.89. The Labute approximate surface area is 116 Å². The molecule has 0 bridgehead atoms. The van der Waals surface area contributed by atoms with Crippen LogP contribution < -0.4 is 10.1 Å². The summed E-state index contributed by atoms with van der Waals surface area (Å²) in [6.45, 7) is 6.72. The van der Waals surface area contributed by atoms with Gasteiger partial charge in [0.25, 0.3) is 0 Å². The third-order valence-corrected chi connectivity index (χ3v) is 4.74. The molecule has 0 aliphatic rings. The van der Waals surface area contributed by atoms with Gasteiger partial charge in [-0.25, -0.2) is 0 Å². The van der Waals surface area contributed by atoms with Crippen LogP contribution in [0.5, 0.6) is 5.75 Å². The van der Waals surface area contributed by atoms with E-state index in [4.69, 9.17) is 4.74 Å². The largest absolute Gasteiger partial charge is 0.496 e. The predicted molar refractivity (Wildman–Crippen MR) is 80.6 cm³/mol. The van der Waals surface area contributed by atoms with Crippen molar-refractivity contribution in [3.63, 3.8) is 0 Å². The zero-order valence-corrected chi connectivity index (χ0v) is 12.9. The first-order valence-electron chi connectivity index (χ1n) is 6.60. The Morgan fingerprint density at radius 3 is 2.61 bits per heavy atom. The summed E-state index contributed by atoms with van der Waals surface area (Å²) >= 11 is 1.93. The maximum atomic E-state index is 5.49. The molecular formula is C15H25NOS. The van der Waals surface area contributed by atoms with Gasteiger partial charge in [-0.05, 0) is 32.0 Å². The number of ether oxygens (including phenoxy) is 1. The normalized spacial score (nSPS) is 14.3. The van der Waals surface area contributed by atoms with Crippen LogP contribution in [0.4, 0.5) is 0 Å². The Bertz CT molecular complexity index is 368. The maximum absolute atomic E-state index is 5.49. The summed E-state index contributed by atoms with van der Waals surface area (Å²) in [5.41, 5.74) is 1.27. The lowest BCUT2D eigenvalue weighted by atomic mass is 10.1. The Hall–Kier alpha value is -0.670. The molecule has 3 heteroatoms. The standard InChI is InChI=1S/C15H25NOS/c1-6-11(2)10-18-14-9-7-8-13(17-5)15(14)12(3)16-4/h7-9,11-12,16H,6,10H2,1-5H3. The molecule has 0 spiro atoms. The molecule has 2 atom stereocenters. The molecular weight excluding hydrogens is 242 g/mol. The number of benzene rings is 1. The van der Waals surface area contributed by atoms with Crippen molar-refractivity contribution >= 4 is 11.8 Å². The van der Waals surface area contributed by atoms with Crippen LogP contribution >= 0.6 is 11.8 Å². The molecule has 18 heavy (non-hydrogen) atoms. The Kier molecular flexibility index (Phi) is 6.58. The first-order chi connectivity index (χ1) is 8.63. The van der Waals surface area contributed by atoms with Crippen molar-refractivity contribution in [2.45, 2.75) is 38.1 Å². The van der Waals surface area contributed by atoms with Crippen LogP contribution in [0.2, 0.25) is 0 Å². The van der Waals surface area contributed by atoms with E-state index in [2.05, 4.69) is 38.2 Å². The number of thioether (sulfide) groups is 1. The molecule has 0 amide bonds. The lowest BCUT2D eigenvalue weighted by Crippen LogP contribution is -2.14. The van der Waals surface area contributed by atoms with E-state index < -0.39 is 0 Å². The summed E-state index contributed by atoms with van der Waals surface area (Å²) in [6, 6.07) is 6.61. The second kappa shape index (κ2) is 7.70. The first-order valence-corrected chi connectivity index (χ1v) is 7.59. The molecule has 2 unspecified atom stereocenters. The minimum absolute atomic E-state index is 0.306. The molecule has 102 valence electrons. The van der Waals surface area contributed by atoms with Gasteiger partial charge < -0.3 is 10.1 Å². The van der Waals surface area contributed by atoms with Crippen LogP contribution in [0.15, 0.2) is 23.1 Å². The first kappa shape index (κ1) is 15.4. The van der Waals surface area contributed by atoms with E-state index in [1.807, 2.05) is 24.9 Å². The lowest BCUT2D eigenvalue weighted by molar-refractivity contribution is 0.401. The fourth-order valence-electron chi connectivity index (χ4n) is 1.75. The molecule has 0 saturated carbocycles. The fraction of sp³-hybridized carbons (Fsp3) is 0.600. The van der Waals surface area contributed by atoms with E-state index in [0.717, 1.165) is 17.4 Å². The highest BCUT2D eigenvalue weighted by Gasteiger charge is 2.15. The number of methoxy groups -OCH3 is 1. The second-order valence-electron chi connectivity index (χ2n) is 4.71. The third-order valence-electron chi connectivity index (χ3n) is 3.33. The van der Waals surface area contributed by atoms with E-state index >= 15 is 0 Å². The van der Waals surface area contributed by atoms with Crippen molar-refractivity contribution in [2.75, 3.05) is 19.9 Å². The van der Waals surface area contributed by atoms with Gasteiger partial charge in [-0.3, -0.25) is 0 Å². The zero-order valence-electron chi connectivity index (χ0n) is 12.1. The lowest BCUT2D eigenvalue weighted by Gasteiger charge is -2.19. The highest BCUT2D eigenvalue weighted by Crippen LogP contribution is 2.35. The van der Waals surface area contributed by atoms with E-state index in [9.17, 15) is 0 Å². The van der Waals surface area contributed by atoms with Crippen LogP contribution in [0.25, 0.3) is 0 Å². The minimum atomic E-state index is 0.306. The van der Waals surface area contributed by atoms with Crippen molar-refractivity contribution in [1.82, 2.24) is 5.32 Å². The zero-order chi connectivity index (χ0) is 13.5. The van der Waals surface area contributed by atoms with E-state index in [-0.39, 0.29) is 0 Å². The highest BCUT2D eigenvalue weighted by molar-refractivity contribution is 7.99. The van der Waals surface area contributed by atoms with E-state index in [0.29, 0.717) is 6.04 Å². The van der Waals surface area contributed by atoms with Gasteiger partial charge in [0.2, 0.25) is 0 Å². The minimum Gasteiger partial charge on any atom is -0.496 e. The molecule has 0 heterocycles. The van der Waals surface area contributed by atoms with Gasteiger partial charge in [0, 0.05) is 22.3 Å². The van der Waals surface area contributed by atoms with Gasteiger partial charge in [0.05, 0.1) is 7.11 Å². The topological polar surface area (TPSA) is 21.3 Å². The van der Waals surface area contributed by atoms with Gasteiger partial charge in [-0.2, -0.15) is 0 Å². The van der Waals surface area contributed by atoms with E-state index in [1.54, 1.807) is 7.11 Å². The van der Waals surface area contributed by atoms with Gasteiger partial charge >= 0.3 is 0 Å². The SMILES string of the molecule is CCC(C)CSc1cccc(OC)c1C(C)NC. The van der Waals surface area contributed by atoms with Gasteiger partial charge in [-0.1, -0.05) is 26.3 Å². The molecule has 0 saturated heterocycles. The monoisotopic (exact) mass is 267 g/mol. The Morgan fingerprint density at radius 2 is 2.06 bits per heavy atom. The molecule has 0 aromatic heterocycles. The number of rotatable bonds is 7. The average Bonchev–Trinajstić information content (AvgIpc) is 2.43. The van der Waals surface area contributed by atoms with Crippen molar-refractivity contribution < 1.29 is 4.74 Å². The van der Waals surface area contributed by atoms with Crippen LogP contribution in [0.3, 0.4) is 0 Å². The average molecular weight is 267 g/mol. The molecule has 0 fully saturated rings. The maximum Gasteiger partial charge on any atom is 0.124 e. The van der Waals surface area contributed by atoms with Crippen LogP contribution in [-0.4, -0.2) is 19.9 Å². The van der Waals surface area contributed by atoms with Crippen molar-refractivity contribution in [3.05, 3.63) is 23.8 Å².